The quantitative estimate of drug-likeness (QED) is 0.836. The Morgan fingerprint density at radius 2 is 2.07 bits per heavy atom. The van der Waals surface area contributed by atoms with Crippen LogP contribution in [0.15, 0.2) is 24.3 Å². The van der Waals surface area contributed by atoms with Gasteiger partial charge in [-0.3, -0.25) is 4.79 Å². The molecule has 0 aliphatic heterocycles. The van der Waals surface area contributed by atoms with Gasteiger partial charge in [0, 0.05) is 5.75 Å². The van der Waals surface area contributed by atoms with Gasteiger partial charge < -0.3 is 9.84 Å². The standard InChI is InChI=1S/C11H14O3S/c1-14-9-5-3-8(4-6-9)10(7-15-2)11(12)13/h3-6,10H,7H2,1-2H3,(H,12,13). The lowest BCUT2D eigenvalue weighted by Crippen LogP contribution is -2.13. The second kappa shape index (κ2) is 5.66. The van der Waals surface area contributed by atoms with Gasteiger partial charge in [-0.15, -0.1) is 0 Å². The first kappa shape index (κ1) is 11.9. The van der Waals surface area contributed by atoms with E-state index in [-0.39, 0.29) is 0 Å². The highest BCUT2D eigenvalue weighted by Gasteiger charge is 2.18. The number of hydrogen-bond donors (Lipinski definition) is 1. The lowest BCUT2D eigenvalue weighted by molar-refractivity contribution is -0.138. The molecule has 0 saturated carbocycles. The molecule has 1 aromatic carbocycles. The molecule has 1 N–H and O–H groups in total. The number of benzene rings is 1. The molecule has 1 atom stereocenters. The summed E-state index contributed by atoms with van der Waals surface area (Å²) in [5.41, 5.74) is 0.817. The van der Waals surface area contributed by atoms with Gasteiger partial charge in [-0.05, 0) is 24.0 Å². The number of ether oxygens (including phenoxy) is 1. The normalized spacial score (nSPS) is 12.1. The van der Waals surface area contributed by atoms with Crippen molar-refractivity contribution in [2.24, 2.45) is 0 Å². The summed E-state index contributed by atoms with van der Waals surface area (Å²) in [6.07, 6.45) is 1.90. The summed E-state index contributed by atoms with van der Waals surface area (Å²) in [4.78, 5) is 11.0. The van der Waals surface area contributed by atoms with Crippen LogP contribution >= 0.6 is 11.8 Å². The summed E-state index contributed by atoms with van der Waals surface area (Å²) in [6.45, 7) is 0. The van der Waals surface area contributed by atoms with Gasteiger partial charge in [0.05, 0.1) is 13.0 Å². The van der Waals surface area contributed by atoms with E-state index >= 15 is 0 Å². The van der Waals surface area contributed by atoms with Crippen LogP contribution in [0.4, 0.5) is 0 Å². The van der Waals surface area contributed by atoms with Crippen LogP contribution in [0.1, 0.15) is 11.5 Å². The molecule has 0 radical (unpaired) electrons. The molecule has 1 rings (SSSR count). The van der Waals surface area contributed by atoms with E-state index in [0.717, 1.165) is 11.3 Å². The average Bonchev–Trinajstić information content (AvgIpc) is 2.26. The van der Waals surface area contributed by atoms with E-state index in [0.29, 0.717) is 5.75 Å². The van der Waals surface area contributed by atoms with E-state index < -0.39 is 11.9 Å². The predicted molar refractivity (Wildman–Crippen MR) is 61.8 cm³/mol. The molecule has 1 unspecified atom stereocenters. The molecular weight excluding hydrogens is 212 g/mol. The van der Waals surface area contributed by atoms with Crippen molar-refractivity contribution in [3.63, 3.8) is 0 Å². The van der Waals surface area contributed by atoms with Gasteiger partial charge in [0.15, 0.2) is 0 Å². The first-order chi connectivity index (χ1) is 7.19. The Kier molecular flexibility index (Phi) is 4.49. The predicted octanol–water partition coefficient (Wildman–Crippen LogP) is 2.23. The maximum atomic E-state index is 11.0. The smallest absolute Gasteiger partial charge is 0.311 e. The van der Waals surface area contributed by atoms with Gasteiger partial charge in [-0.25, -0.2) is 0 Å². The van der Waals surface area contributed by atoms with Crippen LogP contribution in [-0.2, 0) is 4.79 Å². The summed E-state index contributed by atoms with van der Waals surface area (Å²) in [5.74, 6) is 0.106. The summed E-state index contributed by atoms with van der Waals surface area (Å²) >= 11 is 1.53. The lowest BCUT2D eigenvalue weighted by atomic mass is 10.0. The molecule has 0 bridgehead atoms. The molecule has 1 aromatic rings. The fraction of sp³-hybridized carbons (Fsp3) is 0.364. The Morgan fingerprint density at radius 3 is 2.47 bits per heavy atom. The van der Waals surface area contributed by atoms with Crippen molar-refractivity contribution in [2.45, 2.75) is 5.92 Å². The fourth-order valence-electron chi connectivity index (χ4n) is 1.31. The third kappa shape index (κ3) is 3.16. The zero-order valence-electron chi connectivity index (χ0n) is 8.77. The molecule has 0 saturated heterocycles. The highest BCUT2D eigenvalue weighted by Crippen LogP contribution is 2.22. The second-order valence-corrected chi connectivity index (χ2v) is 4.03. The average molecular weight is 226 g/mol. The number of carbonyl (C=O) groups is 1. The number of aliphatic carboxylic acids is 1. The van der Waals surface area contributed by atoms with Gasteiger partial charge in [-0.2, -0.15) is 11.8 Å². The van der Waals surface area contributed by atoms with Crippen LogP contribution < -0.4 is 4.74 Å². The van der Waals surface area contributed by atoms with E-state index in [1.807, 2.05) is 6.26 Å². The highest BCUT2D eigenvalue weighted by atomic mass is 32.2. The van der Waals surface area contributed by atoms with E-state index in [1.54, 1.807) is 31.4 Å². The van der Waals surface area contributed by atoms with Crippen LogP contribution in [-0.4, -0.2) is 30.2 Å². The minimum Gasteiger partial charge on any atom is -0.497 e. The topological polar surface area (TPSA) is 46.5 Å². The minimum absolute atomic E-state index is 0.439. The number of hydrogen-bond acceptors (Lipinski definition) is 3. The van der Waals surface area contributed by atoms with Gasteiger partial charge in [0.1, 0.15) is 5.75 Å². The molecule has 0 aromatic heterocycles. The Balaban J connectivity index is 2.86. The van der Waals surface area contributed by atoms with Crippen LogP contribution in [0.5, 0.6) is 5.75 Å². The van der Waals surface area contributed by atoms with Crippen molar-refractivity contribution in [3.8, 4) is 5.75 Å². The first-order valence-corrected chi connectivity index (χ1v) is 5.94. The van der Waals surface area contributed by atoms with Crippen LogP contribution in [0.2, 0.25) is 0 Å². The van der Waals surface area contributed by atoms with Gasteiger partial charge in [0.25, 0.3) is 0 Å². The van der Waals surface area contributed by atoms with E-state index in [2.05, 4.69) is 0 Å². The summed E-state index contributed by atoms with van der Waals surface area (Å²) in [5, 5.41) is 9.04. The van der Waals surface area contributed by atoms with E-state index in [1.165, 1.54) is 11.8 Å². The van der Waals surface area contributed by atoms with Crippen molar-refractivity contribution in [1.29, 1.82) is 0 Å². The summed E-state index contributed by atoms with van der Waals surface area (Å²) in [6, 6.07) is 7.17. The van der Waals surface area contributed by atoms with E-state index in [9.17, 15) is 4.79 Å². The van der Waals surface area contributed by atoms with Crippen molar-refractivity contribution < 1.29 is 14.6 Å². The molecule has 3 nitrogen and oxygen atoms in total. The van der Waals surface area contributed by atoms with Gasteiger partial charge >= 0.3 is 5.97 Å². The third-order valence-electron chi connectivity index (χ3n) is 2.15. The van der Waals surface area contributed by atoms with Crippen LogP contribution in [0, 0.1) is 0 Å². The second-order valence-electron chi connectivity index (χ2n) is 3.12. The third-order valence-corrected chi connectivity index (χ3v) is 2.82. The number of methoxy groups -OCH3 is 1. The van der Waals surface area contributed by atoms with E-state index in [4.69, 9.17) is 9.84 Å². The largest absolute Gasteiger partial charge is 0.497 e. The molecule has 0 heterocycles. The van der Waals surface area contributed by atoms with Crippen LogP contribution in [0.25, 0.3) is 0 Å². The zero-order chi connectivity index (χ0) is 11.3. The first-order valence-electron chi connectivity index (χ1n) is 4.54. The van der Waals surface area contributed by atoms with Crippen LogP contribution in [0.3, 0.4) is 0 Å². The zero-order valence-corrected chi connectivity index (χ0v) is 9.58. The number of rotatable bonds is 5. The van der Waals surface area contributed by atoms with Gasteiger partial charge in [0.2, 0.25) is 0 Å². The molecule has 0 aliphatic carbocycles. The van der Waals surface area contributed by atoms with Gasteiger partial charge in [-0.1, -0.05) is 12.1 Å². The molecule has 0 spiro atoms. The lowest BCUT2D eigenvalue weighted by Gasteiger charge is -2.11. The monoisotopic (exact) mass is 226 g/mol. The number of carboxylic acid groups (broad SMARTS) is 1. The molecule has 0 fully saturated rings. The van der Waals surface area contributed by atoms with Crippen molar-refractivity contribution in [1.82, 2.24) is 0 Å². The Morgan fingerprint density at radius 1 is 1.47 bits per heavy atom. The van der Waals surface area contributed by atoms with Crippen molar-refractivity contribution in [3.05, 3.63) is 29.8 Å². The molecule has 15 heavy (non-hydrogen) atoms. The fourth-order valence-corrected chi connectivity index (χ4v) is 1.98. The van der Waals surface area contributed by atoms with Crippen molar-refractivity contribution in [2.75, 3.05) is 19.1 Å². The molecule has 4 heteroatoms. The summed E-state index contributed by atoms with van der Waals surface area (Å²) < 4.78 is 5.02. The molecular formula is C11H14O3S. The Hall–Kier alpha value is -1.16. The Labute approximate surface area is 93.4 Å². The molecule has 82 valence electrons. The maximum absolute atomic E-state index is 11.0. The number of thioether (sulfide) groups is 1. The molecule has 0 aliphatic rings. The van der Waals surface area contributed by atoms with Crippen molar-refractivity contribution >= 4 is 17.7 Å². The number of carboxylic acids is 1. The highest BCUT2D eigenvalue weighted by molar-refractivity contribution is 7.98. The molecule has 0 amide bonds. The summed E-state index contributed by atoms with van der Waals surface area (Å²) in [7, 11) is 1.59. The maximum Gasteiger partial charge on any atom is 0.311 e. The minimum atomic E-state index is -0.783. The SMILES string of the molecule is COc1ccc(C(CSC)C(=O)O)cc1. The Bertz CT molecular complexity index is 321.